The van der Waals surface area contributed by atoms with Gasteiger partial charge in [0.1, 0.15) is 3.74 Å². The van der Waals surface area contributed by atoms with Crippen molar-refractivity contribution < 1.29 is 0 Å². The molecule has 2 radical (unpaired) electrons. The molecule has 0 aromatic heterocycles. The Labute approximate surface area is 55.6 Å². The lowest BCUT2D eigenvalue weighted by Crippen LogP contribution is -1.68. The summed E-state index contributed by atoms with van der Waals surface area (Å²) in [6.07, 6.45) is 1.96. The summed E-state index contributed by atoms with van der Waals surface area (Å²) in [5.74, 6) is 0. The second kappa shape index (κ2) is 4.13. The highest BCUT2D eigenvalue weighted by Crippen LogP contribution is 2.22. The lowest BCUT2D eigenvalue weighted by molar-refractivity contribution is 1.02. The Balaban J connectivity index is 2.63. The zero-order chi connectivity index (χ0) is 4.99. The summed E-state index contributed by atoms with van der Waals surface area (Å²) < 4.78 is 1.10. The summed E-state index contributed by atoms with van der Waals surface area (Å²) in [7, 11) is 0. The molecule has 0 fully saturated rings. The van der Waals surface area contributed by atoms with Crippen molar-refractivity contribution in [2.24, 2.45) is 0 Å². The smallest absolute Gasteiger partial charge is 0.0702 e. The first-order valence-corrected chi connectivity index (χ1v) is 3.32. The molecule has 0 unspecified atom stereocenters. The molecule has 0 atom stereocenters. The monoisotopic (exact) mass is 212 g/mol. The van der Waals surface area contributed by atoms with Crippen LogP contribution in [0.3, 0.4) is 0 Å². The Bertz CT molecular complexity index is 26.7. The van der Waals surface area contributed by atoms with Crippen LogP contribution in [0, 0.1) is 10.7 Å². The van der Waals surface area contributed by atoms with Gasteiger partial charge in [-0.1, -0.05) is 45.2 Å². The van der Waals surface area contributed by atoms with Crippen molar-refractivity contribution in [3.8, 4) is 0 Å². The largest absolute Gasteiger partial charge is 0.105 e. The average molecular weight is 214 g/mol. The van der Waals surface area contributed by atoms with Crippen LogP contribution in [0.15, 0.2) is 0 Å². The van der Waals surface area contributed by atoms with Crippen LogP contribution >= 0.6 is 31.9 Å². The van der Waals surface area contributed by atoms with Crippen molar-refractivity contribution in [2.75, 3.05) is 0 Å². The van der Waals surface area contributed by atoms with E-state index in [0.29, 0.717) is 0 Å². The van der Waals surface area contributed by atoms with Crippen molar-refractivity contribution >= 4 is 31.9 Å². The van der Waals surface area contributed by atoms with Gasteiger partial charge in [0.15, 0.2) is 0 Å². The Morgan fingerprint density at radius 1 is 1.50 bits per heavy atom. The predicted molar refractivity (Wildman–Crippen MR) is 35.7 cm³/mol. The molecule has 0 aliphatic carbocycles. The molecular formula is C4H6Br2. The number of hydrogen-bond acceptors (Lipinski definition) is 0. The molecule has 0 heterocycles. The van der Waals surface area contributed by atoms with E-state index < -0.39 is 0 Å². The fourth-order valence-corrected chi connectivity index (χ4v) is 0.694. The third-order valence-electron chi connectivity index (χ3n) is 0.366. The van der Waals surface area contributed by atoms with E-state index in [1.54, 1.807) is 0 Å². The maximum atomic E-state index is 3.64. The molecule has 0 aromatic carbocycles. The molecule has 0 aliphatic heterocycles. The van der Waals surface area contributed by atoms with Gasteiger partial charge in [0.05, 0.1) is 0 Å². The van der Waals surface area contributed by atoms with Gasteiger partial charge in [0.25, 0.3) is 0 Å². The standard InChI is InChI=1S/C4H6Br2/c1-2-3-4(5)6/h1-3H2. The second-order valence-corrected chi connectivity index (χ2v) is 3.92. The minimum absolute atomic E-state index is 0.950. The van der Waals surface area contributed by atoms with Gasteiger partial charge in [-0.25, -0.2) is 0 Å². The summed E-state index contributed by atoms with van der Waals surface area (Å²) in [6, 6.07) is 0. The molecule has 0 aliphatic rings. The summed E-state index contributed by atoms with van der Waals surface area (Å²) in [4.78, 5) is 0. The topological polar surface area (TPSA) is 0 Å². The predicted octanol–water partition coefficient (Wildman–Crippen LogP) is 2.88. The molecule has 0 saturated heterocycles. The Morgan fingerprint density at radius 2 is 2.00 bits per heavy atom. The zero-order valence-corrected chi connectivity index (χ0v) is 6.55. The van der Waals surface area contributed by atoms with Crippen molar-refractivity contribution in [1.82, 2.24) is 0 Å². The van der Waals surface area contributed by atoms with Gasteiger partial charge in [-0.15, -0.1) is 0 Å². The molecule has 0 amide bonds. The van der Waals surface area contributed by atoms with Crippen LogP contribution in [0.4, 0.5) is 0 Å². The van der Waals surface area contributed by atoms with E-state index in [1.807, 2.05) is 0 Å². The number of rotatable bonds is 2. The third-order valence-corrected chi connectivity index (χ3v) is 1.16. The first kappa shape index (κ1) is 6.96. The lowest BCUT2D eigenvalue weighted by Gasteiger charge is -1.90. The van der Waals surface area contributed by atoms with Gasteiger partial charge >= 0.3 is 0 Å². The first-order valence-electron chi connectivity index (χ1n) is 1.73. The van der Waals surface area contributed by atoms with Gasteiger partial charge in [-0.2, -0.15) is 0 Å². The highest BCUT2D eigenvalue weighted by atomic mass is 79.9. The molecular weight excluding hydrogens is 208 g/mol. The van der Waals surface area contributed by atoms with Crippen molar-refractivity contribution in [1.29, 1.82) is 0 Å². The zero-order valence-electron chi connectivity index (χ0n) is 3.38. The molecule has 6 heavy (non-hydrogen) atoms. The molecule has 0 N–H and O–H groups in total. The molecule has 0 bridgehead atoms. The molecule has 2 heteroatoms. The molecule has 0 nitrogen and oxygen atoms in total. The third kappa shape index (κ3) is 4.96. The van der Waals surface area contributed by atoms with Crippen molar-refractivity contribution in [3.63, 3.8) is 0 Å². The van der Waals surface area contributed by atoms with Crippen molar-refractivity contribution in [2.45, 2.75) is 12.8 Å². The van der Waals surface area contributed by atoms with E-state index >= 15 is 0 Å². The van der Waals surface area contributed by atoms with Crippen LogP contribution in [0.2, 0.25) is 0 Å². The molecule has 0 rings (SSSR count). The normalized spacial score (nSPS) is 10.0. The Kier molecular flexibility index (Phi) is 4.79. The summed E-state index contributed by atoms with van der Waals surface area (Å²) in [5, 5.41) is 0. The van der Waals surface area contributed by atoms with Crippen LogP contribution in [0.1, 0.15) is 12.8 Å². The van der Waals surface area contributed by atoms with E-state index in [9.17, 15) is 0 Å². The van der Waals surface area contributed by atoms with Gasteiger partial charge < -0.3 is 0 Å². The SMILES string of the molecule is [CH2]CC[C](Br)Br. The van der Waals surface area contributed by atoms with Crippen LogP contribution in [0.5, 0.6) is 0 Å². The number of halogens is 2. The highest BCUT2D eigenvalue weighted by molar-refractivity contribution is 9.27. The van der Waals surface area contributed by atoms with E-state index in [0.717, 1.165) is 16.6 Å². The van der Waals surface area contributed by atoms with E-state index in [4.69, 9.17) is 0 Å². The second-order valence-electron chi connectivity index (χ2n) is 0.942. The van der Waals surface area contributed by atoms with Crippen LogP contribution in [-0.2, 0) is 0 Å². The summed E-state index contributed by atoms with van der Waals surface area (Å²) in [6.45, 7) is 3.64. The van der Waals surface area contributed by atoms with Crippen LogP contribution in [-0.4, -0.2) is 0 Å². The molecule has 0 aromatic rings. The maximum absolute atomic E-state index is 3.64. The van der Waals surface area contributed by atoms with Gasteiger partial charge in [-0.05, 0) is 6.42 Å². The fourth-order valence-electron chi connectivity index (χ4n) is 0.134. The summed E-state index contributed by atoms with van der Waals surface area (Å²) >= 11 is 6.46. The van der Waals surface area contributed by atoms with Gasteiger partial charge in [-0.3, -0.25) is 0 Å². The van der Waals surface area contributed by atoms with E-state index in [2.05, 4.69) is 38.8 Å². The maximum Gasteiger partial charge on any atom is 0.105 e. The molecule has 0 saturated carbocycles. The minimum atomic E-state index is 0.950. The average Bonchev–Trinajstić information content (AvgIpc) is 1.35. The van der Waals surface area contributed by atoms with E-state index in [-0.39, 0.29) is 0 Å². The van der Waals surface area contributed by atoms with Crippen LogP contribution < -0.4 is 0 Å². The lowest BCUT2D eigenvalue weighted by atomic mass is 10.4. The van der Waals surface area contributed by atoms with Gasteiger partial charge in [0.2, 0.25) is 0 Å². The van der Waals surface area contributed by atoms with Crippen LogP contribution in [0.25, 0.3) is 0 Å². The summed E-state index contributed by atoms with van der Waals surface area (Å²) in [5.41, 5.74) is 0. The molecule has 0 spiro atoms. The minimum Gasteiger partial charge on any atom is -0.0702 e. The molecule has 36 valence electrons. The van der Waals surface area contributed by atoms with E-state index in [1.165, 1.54) is 0 Å². The fraction of sp³-hybridized carbons (Fsp3) is 0.500. The Morgan fingerprint density at radius 3 is 2.00 bits per heavy atom. The quantitative estimate of drug-likeness (QED) is 0.662. The first-order chi connectivity index (χ1) is 2.77. The highest BCUT2D eigenvalue weighted by Gasteiger charge is 1.92. The number of hydrogen-bond donors (Lipinski definition) is 0. The Hall–Kier alpha value is 0.960. The van der Waals surface area contributed by atoms with Gasteiger partial charge in [0, 0.05) is 0 Å². The van der Waals surface area contributed by atoms with Crippen molar-refractivity contribution in [3.05, 3.63) is 10.7 Å².